The van der Waals surface area contributed by atoms with E-state index in [0.717, 1.165) is 37.0 Å². The lowest BCUT2D eigenvalue weighted by Gasteiger charge is -2.24. The lowest BCUT2D eigenvalue weighted by atomic mass is 9.83. The molecule has 0 unspecified atom stereocenters. The van der Waals surface area contributed by atoms with E-state index in [1.807, 2.05) is 0 Å². The van der Waals surface area contributed by atoms with Gasteiger partial charge in [0.15, 0.2) is 0 Å². The molecule has 1 aliphatic carbocycles. The van der Waals surface area contributed by atoms with Crippen LogP contribution < -0.4 is 5.32 Å². The maximum atomic E-state index is 5.74. The first-order valence-electron chi connectivity index (χ1n) is 7.97. The van der Waals surface area contributed by atoms with E-state index < -0.39 is 0 Å². The Kier molecular flexibility index (Phi) is 6.48. The zero-order valence-corrected chi connectivity index (χ0v) is 12.9. The lowest BCUT2D eigenvalue weighted by molar-refractivity contribution is 0.0928. The fourth-order valence-corrected chi connectivity index (χ4v) is 2.41. The highest BCUT2D eigenvalue weighted by Crippen LogP contribution is 2.29. The largest absolute Gasteiger partial charge is 0.375 e. The molecule has 0 spiro atoms. The fraction of sp³-hybridized carbons (Fsp3) is 0.706. The van der Waals surface area contributed by atoms with Crippen LogP contribution in [0.25, 0.3) is 0 Å². The van der Waals surface area contributed by atoms with E-state index in [1.54, 1.807) is 0 Å². The molecule has 0 amide bonds. The molecule has 1 saturated carbocycles. The molecule has 1 aromatic rings. The van der Waals surface area contributed by atoms with Crippen LogP contribution in [-0.4, -0.2) is 18.1 Å². The van der Waals surface area contributed by atoms with Crippen LogP contribution in [0.4, 0.5) is 0 Å². The summed E-state index contributed by atoms with van der Waals surface area (Å²) in [7, 11) is 0. The Hall–Kier alpha value is -0.930. The van der Waals surface area contributed by atoms with Gasteiger partial charge in [0.1, 0.15) is 0 Å². The number of hydrogen-bond donors (Lipinski definition) is 1. The van der Waals surface area contributed by atoms with Gasteiger partial charge >= 0.3 is 0 Å². The highest BCUT2D eigenvalue weighted by Gasteiger charge is 2.16. The summed E-state index contributed by atoms with van der Waals surface area (Å²) in [5.41, 5.74) is 2.15. The van der Waals surface area contributed by atoms with Crippen molar-refractivity contribution in [3.63, 3.8) is 0 Å². The molecule has 1 fully saturated rings. The van der Waals surface area contributed by atoms with Gasteiger partial charge in [-0.2, -0.15) is 0 Å². The van der Waals surface area contributed by atoms with Gasteiger partial charge in [0.2, 0.25) is 0 Å². The van der Waals surface area contributed by atoms with Crippen molar-refractivity contribution in [2.45, 2.75) is 52.7 Å². The van der Waals surface area contributed by atoms with Gasteiger partial charge in [0.05, 0.1) is 18.0 Å². The number of pyridine rings is 1. The van der Waals surface area contributed by atoms with Gasteiger partial charge < -0.3 is 10.1 Å². The molecule has 0 aliphatic heterocycles. The minimum atomic E-state index is 0.644. The molecule has 2 rings (SSSR count). The normalized spacial score (nSPS) is 15.6. The van der Waals surface area contributed by atoms with Crippen LogP contribution in [0.3, 0.4) is 0 Å². The standard InChI is InChI=1S/C17H28N2O/c1-14(2)11-18-12-16-7-4-8-17(19-16)13-20-10-9-15-5-3-6-15/h4,7-8,14-15,18H,3,5-6,9-13H2,1-2H3. The molecule has 112 valence electrons. The van der Waals surface area contributed by atoms with Crippen LogP contribution in [0.2, 0.25) is 0 Å². The third kappa shape index (κ3) is 5.59. The van der Waals surface area contributed by atoms with E-state index in [9.17, 15) is 0 Å². The number of rotatable bonds is 9. The van der Waals surface area contributed by atoms with Crippen molar-refractivity contribution in [2.75, 3.05) is 13.2 Å². The number of aromatic nitrogens is 1. The van der Waals surface area contributed by atoms with E-state index in [2.05, 4.69) is 42.3 Å². The summed E-state index contributed by atoms with van der Waals surface area (Å²) in [6.45, 7) is 7.82. The topological polar surface area (TPSA) is 34.1 Å². The van der Waals surface area contributed by atoms with Crippen molar-refractivity contribution < 1.29 is 4.74 Å². The zero-order valence-electron chi connectivity index (χ0n) is 12.9. The first-order valence-corrected chi connectivity index (χ1v) is 7.97. The highest BCUT2D eigenvalue weighted by molar-refractivity contribution is 5.10. The third-order valence-electron chi connectivity index (χ3n) is 3.87. The Bertz CT molecular complexity index is 388. The minimum Gasteiger partial charge on any atom is -0.375 e. The van der Waals surface area contributed by atoms with Crippen LogP contribution in [0.15, 0.2) is 18.2 Å². The average molecular weight is 276 g/mol. The summed E-state index contributed by atoms with van der Waals surface area (Å²) >= 11 is 0. The first-order chi connectivity index (χ1) is 9.74. The Labute approximate surface area is 123 Å². The first kappa shape index (κ1) is 15.5. The van der Waals surface area contributed by atoms with Crippen LogP contribution in [0.1, 0.15) is 50.9 Å². The third-order valence-corrected chi connectivity index (χ3v) is 3.87. The molecule has 3 heteroatoms. The predicted octanol–water partition coefficient (Wildman–Crippen LogP) is 3.53. The van der Waals surface area contributed by atoms with Gasteiger partial charge in [-0.05, 0) is 36.9 Å². The average Bonchev–Trinajstić information content (AvgIpc) is 2.36. The van der Waals surface area contributed by atoms with Gasteiger partial charge in [0, 0.05) is 13.2 Å². The Morgan fingerprint density at radius 3 is 2.80 bits per heavy atom. The monoisotopic (exact) mass is 276 g/mol. The van der Waals surface area contributed by atoms with E-state index in [1.165, 1.54) is 25.7 Å². The smallest absolute Gasteiger partial charge is 0.0887 e. The summed E-state index contributed by atoms with van der Waals surface area (Å²) < 4.78 is 5.74. The Morgan fingerprint density at radius 1 is 1.30 bits per heavy atom. The summed E-state index contributed by atoms with van der Waals surface area (Å²) in [6, 6.07) is 6.20. The van der Waals surface area contributed by atoms with Crippen LogP contribution in [0, 0.1) is 11.8 Å². The molecule has 0 saturated heterocycles. The minimum absolute atomic E-state index is 0.644. The van der Waals surface area contributed by atoms with Crippen LogP contribution in [-0.2, 0) is 17.9 Å². The molecule has 3 nitrogen and oxygen atoms in total. The second-order valence-corrected chi connectivity index (χ2v) is 6.28. The quantitative estimate of drug-likeness (QED) is 0.701. The van der Waals surface area contributed by atoms with Gasteiger partial charge in [-0.15, -0.1) is 0 Å². The van der Waals surface area contributed by atoms with Crippen molar-refractivity contribution in [2.24, 2.45) is 11.8 Å². The molecule has 0 atom stereocenters. The summed E-state index contributed by atoms with van der Waals surface area (Å²) in [6.07, 6.45) is 5.44. The molecule has 1 N–H and O–H groups in total. The molecular formula is C17H28N2O. The fourth-order valence-electron chi connectivity index (χ4n) is 2.41. The van der Waals surface area contributed by atoms with E-state index in [0.29, 0.717) is 12.5 Å². The summed E-state index contributed by atoms with van der Waals surface area (Å²) in [4.78, 5) is 4.63. The van der Waals surface area contributed by atoms with Crippen molar-refractivity contribution >= 4 is 0 Å². The van der Waals surface area contributed by atoms with Gasteiger partial charge in [-0.3, -0.25) is 4.98 Å². The Balaban J connectivity index is 1.65. The Morgan fingerprint density at radius 2 is 2.10 bits per heavy atom. The van der Waals surface area contributed by atoms with Crippen molar-refractivity contribution in [3.8, 4) is 0 Å². The number of hydrogen-bond acceptors (Lipinski definition) is 3. The van der Waals surface area contributed by atoms with Crippen LogP contribution in [0.5, 0.6) is 0 Å². The molecule has 0 radical (unpaired) electrons. The van der Waals surface area contributed by atoms with Gasteiger partial charge in [-0.25, -0.2) is 0 Å². The van der Waals surface area contributed by atoms with E-state index in [-0.39, 0.29) is 0 Å². The lowest BCUT2D eigenvalue weighted by Crippen LogP contribution is -2.19. The molecule has 1 aromatic heterocycles. The molecule has 0 bridgehead atoms. The number of nitrogens with one attached hydrogen (secondary N) is 1. The molecular weight excluding hydrogens is 248 g/mol. The maximum absolute atomic E-state index is 5.74. The molecule has 0 aromatic carbocycles. The van der Waals surface area contributed by atoms with Gasteiger partial charge in [-0.1, -0.05) is 39.2 Å². The second-order valence-electron chi connectivity index (χ2n) is 6.28. The maximum Gasteiger partial charge on any atom is 0.0887 e. The van der Waals surface area contributed by atoms with Crippen molar-refractivity contribution in [1.29, 1.82) is 0 Å². The number of nitrogens with zero attached hydrogens (tertiary/aromatic N) is 1. The second kappa shape index (κ2) is 8.38. The van der Waals surface area contributed by atoms with E-state index >= 15 is 0 Å². The van der Waals surface area contributed by atoms with Crippen LogP contribution >= 0.6 is 0 Å². The van der Waals surface area contributed by atoms with Crippen molar-refractivity contribution in [3.05, 3.63) is 29.6 Å². The number of ether oxygens (including phenoxy) is 1. The predicted molar refractivity (Wildman–Crippen MR) is 82.4 cm³/mol. The molecule has 1 aliphatic rings. The van der Waals surface area contributed by atoms with Crippen molar-refractivity contribution in [1.82, 2.24) is 10.3 Å². The highest BCUT2D eigenvalue weighted by atomic mass is 16.5. The zero-order chi connectivity index (χ0) is 14.2. The van der Waals surface area contributed by atoms with E-state index in [4.69, 9.17) is 4.74 Å². The molecule has 20 heavy (non-hydrogen) atoms. The summed E-state index contributed by atoms with van der Waals surface area (Å²) in [5.74, 6) is 1.60. The van der Waals surface area contributed by atoms with Gasteiger partial charge in [0.25, 0.3) is 0 Å². The summed E-state index contributed by atoms with van der Waals surface area (Å²) in [5, 5.41) is 3.42. The SMILES string of the molecule is CC(C)CNCc1cccc(COCCC2CCC2)n1. The molecule has 1 heterocycles.